The lowest BCUT2D eigenvalue weighted by Gasteiger charge is -2.22. The molecule has 20 heavy (non-hydrogen) atoms. The number of nitrogens with one attached hydrogen (secondary N) is 1. The number of hydrogen-bond donors (Lipinski definition) is 1. The Morgan fingerprint density at radius 1 is 1.25 bits per heavy atom. The lowest BCUT2D eigenvalue weighted by Crippen LogP contribution is -2.37. The molecule has 1 unspecified atom stereocenters. The zero-order valence-electron chi connectivity index (χ0n) is 12.3. The Kier molecular flexibility index (Phi) is 5.93. The maximum atomic E-state index is 12.7. The molecule has 0 saturated carbocycles. The molecule has 0 fully saturated rings. The molecule has 5 nitrogen and oxygen atoms in total. The molecule has 0 spiro atoms. The maximum Gasteiger partial charge on any atom is 0.323 e. The predicted molar refractivity (Wildman–Crippen MR) is 79.0 cm³/mol. The van der Waals surface area contributed by atoms with Crippen molar-refractivity contribution in [3.05, 3.63) is 36.8 Å². The van der Waals surface area contributed by atoms with Crippen molar-refractivity contribution >= 4 is 18.8 Å². The van der Waals surface area contributed by atoms with E-state index in [1.807, 2.05) is 0 Å². The summed E-state index contributed by atoms with van der Waals surface area (Å²) in [5, 5.41) is 3.21. The summed E-state index contributed by atoms with van der Waals surface area (Å²) in [6.07, 6.45) is -0.223. The highest BCUT2D eigenvalue weighted by Crippen LogP contribution is 2.40. The van der Waals surface area contributed by atoms with Crippen LogP contribution < -0.4 is 10.4 Å². The number of rotatable bonds is 6. The third kappa shape index (κ3) is 4.44. The van der Waals surface area contributed by atoms with Crippen LogP contribution in [0.2, 0.25) is 0 Å². The third-order valence-corrected chi connectivity index (χ3v) is 4.82. The molecule has 0 aliphatic carbocycles. The van der Waals surface area contributed by atoms with Crippen LogP contribution in [0.5, 0.6) is 0 Å². The second-order valence-electron chi connectivity index (χ2n) is 4.74. The molecule has 0 bridgehead atoms. The van der Waals surface area contributed by atoms with E-state index >= 15 is 0 Å². The van der Waals surface area contributed by atoms with Crippen molar-refractivity contribution in [2.24, 2.45) is 0 Å². The minimum atomic E-state index is -3.30. The number of esters is 1. The predicted octanol–water partition coefficient (Wildman–Crippen LogP) is 2.26. The van der Waals surface area contributed by atoms with E-state index in [9.17, 15) is 9.36 Å². The Bertz CT molecular complexity index is 498. The summed E-state index contributed by atoms with van der Waals surface area (Å²) >= 11 is 0. The fourth-order valence-corrected chi connectivity index (χ4v) is 3.19. The molecule has 0 aliphatic rings. The zero-order chi connectivity index (χ0) is 15.3. The molecule has 1 radical (unpaired) electrons. The van der Waals surface area contributed by atoms with Crippen LogP contribution in [0.15, 0.2) is 24.3 Å². The van der Waals surface area contributed by atoms with Crippen LogP contribution in [-0.4, -0.2) is 25.2 Å². The lowest BCUT2D eigenvalue weighted by molar-refractivity contribution is -0.149. The molecule has 0 heterocycles. The Labute approximate surface area is 120 Å². The topological polar surface area (TPSA) is 64.6 Å². The molecular weight excluding hydrogens is 277 g/mol. The second kappa shape index (κ2) is 7.02. The van der Waals surface area contributed by atoms with E-state index in [0.717, 1.165) is 5.56 Å². The van der Waals surface area contributed by atoms with E-state index in [-0.39, 0.29) is 6.10 Å². The maximum absolute atomic E-state index is 12.7. The van der Waals surface area contributed by atoms with Gasteiger partial charge in [0, 0.05) is 7.11 Å². The van der Waals surface area contributed by atoms with Crippen molar-refractivity contribution in [1.29, 1.82) is 0 Å². The molecule has 0 aromatic heterocycles. The molecule has 111 valence electrons. The Morgan fingerprint density at radius 2 is 1.80 bits per heavy atom. The molecule has 0 aliphatic heterocycles. The van der Waals surface area contributed by atoms with Crippen molar-refractivity contribution in [3.8, 4) is 0 Å². The first-order valence-corrected chi connectivity index (χ1v) is 7.97. The first kappa shape index (κ1) is 16.9. The molecule has 0 amide bonds. The van der Waals surface area contributed by atoms with Gasteiger partial charge in [-0.1, -0.05) is 12.1 Å². The van der Waals surface area contributed by atoms with Gasteiger partial charge in [-0.3, -0.25) is 9.36 Å². The number of hydrogen-bond acceptors (Lipinski definition) is 4. The molecule has 1 rings (SSSR count). The summed E-state index contributed by atoms with van der Waals surface area (Å²) in [7, 11) is -1.96. The average Bonchev–Trinajstić information content (AvgIpc) is 2.38. The largest absolute Gasteiger partial charge is 0.462 e. The molecule has 0 saturated heterocycles. The summed E-state index contributed by atoms with van der Waals surface area (Å²) in [5.41, 5.74) is 0.809. The normalized spacial score (nSPS) is 15.7. The standard InChI is InChI=1S/C14H21NO4P/c1-10(2)19-14(16)12(4)15-20(17,18-5)13-8-6-11(3)7-9-13/h6-10,12H,3H2,1-2,4-5H3,(H,15,17)/t12-,20?/m0/s1. The highest BCUT2D eigenvalue weighted by molar-refractivity contribution is 7.65. The van der Waals surface area contributed by atoms with Gasteiger partial charge in [-0.05, 0) is 45.4 Å². The highest BCUT2D eigenvalue weighted by atomic mass is 31.2. The quantitative estimate of drug-likeness (QED) is 0.644. The van der Waals surface area contributed by atoms with Gasteiger partial charge in [-0.25, -0.2) is 5.09 Å². The van der Waals surface area contributed by atoms with Gasteiger partial charge in [0.2, 0.25) is 0 Å². The van der Waals surface area contributed by atoms with Gasteiger partial charge in [0.05, 0.1) is 11.4 Å². The SMILES string of the molecule is [CH2]c1ccc(P(=O)(N[C@@H](C)C(=O)OC(C)C)OC)cc1. The summed E-state index contributed by atoms with van der Waals surface area (Å²) < 4.78 is 22.9. The van der Waals surface area contributed by atoms with Crippen molar-refractivity contribution in [2.45, 2.75) is 32.9 Å². The van der Waals surface area contributed by atoms with Crippen LogP contribution in [-0.2, 0) is 18.6 Å². The fourth-order valence-electron chi connectivity index (χ4n) is 1.57. The summed E-state index contributed by atoms with van der Waals surface area (Å²) in [5.74, 6) is -0.467. The fraction of sp³-hybridized carbons (Fsp3) is 0.429. The molecule has 2 atom stereocenters. The van der Waals surface area contributed by atoms with Crippen molar-refractivity contribution < 1.29 is 18.6 Å². The van der Waals surface area contributed by atoms with Crippen molar-refractivity contribution in [1.82, 2.24) is 5.09 Å². The van der Waals surface area contributed by atoms with Gasteiger partial charge in [0.1, 0.15) is 6.04 Å². The van der Waals surface area contributed by atoms with Crippen LogP contribution in [0.1, 0.15) is 26.3 Å². The van der Waals surface area contributed by atoms with Gasteiger partial charge in [-0.2, -0.15) is 0 Å². The molecular formula is C14H21NO4P. The minimum Gasteiger partial charge on any atom is -0.462 e. The van der Waals surface area contributed by atoms with E-state index in [1.54, 1.807) is 45.0 Å². The number of ether oxygens (including phenoxy) is 1. The molecule has 1 aromatic rings. The van der Waals surface area contributed by atoms with Gasteiger partial charge < -0.3 is 9.26 Å². The van der Waals surface area contributed by atoms with Gasteiger partial charge >= 0.3 is 5.97 Å². The van der Waals surface area contributed by atoms with Crippen LogP contribution in [0, 0.1) is 6.92 Å². The number of carbonyl (C=O) groups excluding carboxylic acids is 1. The van der Waals surface area contributed by atoms with Crippen molar-refractivity contribution in [3.63, 3.8) is 0 Å². The minimum absolute atomic E-state index is 0.223. The smallest absolute Gasteiger partial charge is 0.323 e. The van der Waals surface area contributed by atoms with E-state index in [2.05, 4.69) is 12.0 Å². The highest BCUT2D eigenvalue weighted by Gasteiger charge is 2.30. The van der Waals surface area contributed by atoms with E-state index in [0.29, 0.717) is 5.30 Å². The molecule has 6 heteroatoms. The third-order valence-electron chi connectivity index (χ3n) is 2.60. The second-order valence-corrected chi connectivity index (χ2v) is 6.98. The first-order valence-electron chi connectivity index (χ1n) is 6.35. The van der Waals surface area contributed by atoms with Gasteiger partial charge in [0.25, 0.3) is 7.52 Å². The Hall–Kier alpha value is -1.16. The van der Waals surface area contributed by atoms with Gasteiger partial charge in [0.15, 0.2) is 0 Å². The summed E-state index contributed by atoms with van der Waals surface area (Å²) in [6.45, 7) is 8.87. The Balaban J connectivity index is 2.87. The monoisotopic (exact) mass is 298 g/mol. The first-order chi connectivity index (χ1) is 9.28. The van der Waals surface area contributed by atoms with E-state index < -0.39 is 19.5 Å². The Morgan fingerprint density at radius 3 is 2.25 bits per heavy atom. The lowest BCUT2D eigenvalue weighted by atomic mass is 10.2. The molecule has 1 aromatic carbocycles. The van der Waals surface area contributed by atoms with Crippen LogP contribution in [0.4, 0.5) is 0 Å². The van der Waals surface area contributed by atoms with Gasteiger partial charge in [-0.15, -0.1) is 0 Å². The van der Waals surface area contributed by atoms with E-state index in [4.69, 9.17) is 9.26 Å². The summed E-state index contributed by atoms with van der Waals surface area (Å²) in [4.78, 5) is 11.8. The number of benzene rings is 1. The zero-order valence-corrected chi connectivity index (χ0v) is 13.1. The van der Waals surface area contributed by atoms with Crippen molar-refractivity contribution in [2.75, 3.05) is 7.11 Å². The average molecular weight is 298 g/mol. The van der Waals surface area contributed by atoms with E-state index in [1.165, 1.54) is 7.11 Å². The van der Waals surface area contributed by atoms with Crippen LogP contribution >= 0.6 is 7.52 Å². The van der Waals surface area contributed by atoms with Crippen LogP contribution in [0.25, 0.3) is 0 Å². The number of carbonyl (C=O) groups is 1. The van der Waals surface area contributed by atoms with Crippen LogP contribution in [0.3, 0.4) is 0 Å². The summed E-state index contributed by atoms with van der Waals surface area (Å²) in [6, 6.07) is 6.07. The molecule has 1 N–H and O–H groups in total.